The predicted molar refractivity (Wildman–Crippen MR) is 67.6 cm³/mol. The summed E-state index contributed by atoms with van der Waals surface area (Å²) in [5.41, 5.74) is 0. The fraction of sp³-hybridized carbons (Fsp3) is 1.00. The molecule has 2 fully saturated rings. The topological polar surface area (TPSA) is 21.3 Å². The largest absolute Gasteiger partial charge is 0.380 e. The highest BCUT2D eigenvalue weighted by Crippen LogP contribution is 2.39. The first-order valence-electron chi connectivity index (χ1n) is 7.07. The van der Waals surface area contributed by atoms with E-state index < -0.39 is 0 Å². The molecule has 2 nitrogen and oxygen atoms in total. The summed E-state index contributed by atoms with van der Waals surface area (Å²) in [6.07, 6.45) is 11.7. The van der Waals surface area contributed by atoms with Crippen LogP contribution < -0.4 is 5.32 Å². The van der Waals surface area contributed by atoms with Crippen molar-refractivity contribution in [3.05, 3.63) is 0 Å². The van der Waals surface area contributed by atoms with Gasteiger partial charge in [0.2, 0.25) is 0 Å². The second-order valence-electron chi connectivity index (χ2n) is 5.60. The molecule has 2 unspecified atom stereocenters. The lowest BCUT2D eigenvalue weighted by atomic mass is 9.86. The van der Waals surface area contributed by atoms with Gasteiger partial charge in [0.1, 0.15) is 0 Å². The molecule has 2 atom stereocenters. The Kier molecular flexibility index (Phi) is 4.66. The Bertz CT molecular complexity index is 195. The van der Waals surface area contributed by atoms with Gasteiger partial charge in [0.15, 0.2) is 0 Å². The van der Waals surface area contributed by atoms with Gasteiger partial charge >= 0.3 is 0 Å². The first-order chi connectivity index (χ1) is 7.86. The Morgan fingerprint density at radius 2 is 1.56 bits per heavy atom. The minimum atomic E-state index is 0.466. The quantitative estimate of drug-likeness (QED) is 0.726. The van der Waals surface area contributed by atoms with Crippen molar-refractivity contribution in [3.8, 4) is 0 Å². The first kappa shape index (κ1) is 12.4. The smallest absolute Gasteiger partial charge is 0.0754 e. The van der Waals surface area contributed by atoms with E-state index in [-0.39, 0.29) is 0 Å². The minimum absolute atomic E-state index is 0.466. The zero-order chi connectivity index (χ0) is 11.4. The number of hydrogen-bond donors (Lipinski definition) is 1. The summed E-state index contributed by atoms with van der Waals surface area (Å²) in [5, 5.41) is 3.55. The Morgan fingerprint density at radius 3 is 2.00 bits per heavy atom. The molecule has 0 spiro atoms. The second-order valence-corrected chi connectivity index (χ2v) is 5.60. The van der Waals surface area contributed by atoms with Crippen LogP contribution in [0.2, 0.25) is 0 Å². The Hall–Kier alpha value is -0.0800. The summed E-state index contributed by atoms with van der Waals surface area (Å²) in [6.45, 7) is 0. The summed E-state index contributed by atoms with van der Waals surface area (Å²) in [7, 11) is 4.01. The fourth-order valence-electron chi connectivity index (χ4n) is 3.40. The van der Waals surface area contributed by atoms with Crippen LogP contribution in [0.3, 0.4) is 0 Å². The third-order valence-electron chi connectivity index (χ3n) is 4.45. The van der Waals surface area contributed by atoms with Crippen molar-refractivity contribution in [3.63, 3.8) is 0 Å². The maximum Gasteiger partial charge on any atom is 0.0754 e. The average Bonchev–Trinajstić information content (AvgIpc) is 3.11. The van der Waals surface area contributed by atoms with Crippen LogP contribution in [0.15, 0.2) is 0 Å². The molecule has 16 heavy (non-hydrogen) atoms. The van der Waals surface area contributed by atoms with Crippen LogP contribution in [0.4, 0.5) is 0 Å². The van der Waals surface area contributed by atoms with Crippen molar-refractivity contribution in [2.75, 3.05) is 14.2 Å². The van der Waals surface area contributed by atoms with Crippen LogP contribution in [0.5, 0.6) is 0 Å². The first-order valence-corrected chi connectivity index (χ1v) is 7.07. The lowest BCUT2D eigenvalue weighted by Crippen LogP contribution is -2.45. The van der Waals surface area contributed by atoms with Crippen LogP contribution in [0, 0.1) is 11.8 Å². The van der Waals surface area contributed by atoms with E-state index in [1.807, 2.05) is 7.11 Å². The van der Waals surface area contributed by atoms with Gasteiger partial charge in [-0.15, -0.1) is 0 Å². The molecule has 2 saturated carbocycles. The summed E-state index contributed by atoms with van der Waals surface area (Å²) in [5.74, 6) is 1.68. The van der Waals surface area contributed by atoms with Gasteiger partial charge < -0.3 is 10.1 Å². The number of likely N-dealkylation sites (N-methyl/N-ethyl adjacent to an activating group) is 1. The van der Waals surface area contributed by atoms with Gasteiger partial charge in [-0.3, -0.25) is 0 Å². The third kappa shape index (κ3) is 2.98. The number of methoxy groups -OCH3 is 1. The fourth-order valence-corrected chi connectivity index (χ4v) is 3.40. The highest BCUT2D eigenvalue weighted by molar-refractivity contribution is 4.93. The molecule has 0 amide bonds. The minimum Gasteiger partial charge on any atom is -0.380 e. The molecule has 0 saturated heterocycles. The molecule has 0 heterocycles. The van der Waals surface area contributed by atoms with Crippen LogP contribution in [-0.4, -0.2) is 26.3 Å². The summed E-state index contributed by atoms with van der Waals surface area (Å²) in [4.78, 5) is 0. The van der Waals surface area contributed by atoms with Crippen molar-refractivity contribution >= 4 is 0 Å². The molecular formula is C14H27NO. The number of ether oxygens (including phenoxy) is 1. The van der Waals surface area contributed by atoms with Gasteiger partial charge in [-0.25, -0.2) is 0 Å². The molecule has 0 aromatic rings. The van der Waals surface area contributed by atoms with Gasteiger partial charge in [-0.1, -0.05) is 25.7 Å². The Morgan fingerprint density at radius 1 is 0.938 bits per heavy atom. The molecule has 2 heteroatoms. The highest BCUT2D eigenvalue weighted by atomic mass is 16.5. The summed E-state index contributed by atoms with van der Waals surface area (Å²) in [6, 6.07) is 0.593. The van der Waals surface area contributed by atoms with Crippen molar-refractivity contribution in [2.24, 2.45) is 11.8 Å². The standard InChI is InChI=1S/C14H27NO/c1-15-13(14(16-2)12-9-10-12)11-7-5-3-4-6-8-11/h11-15H,3-10H2,1-2H3. The van der Waals surface area contributed by atoms with Gasteiger partial charge in [0, 0.05) is 13.2 Å². The highest BCUT2D eigenvalue weighted by Gasteiger charge is 2.39. The SMILES string of the molecule is CNC(C1CCCCCC1)C(OC)C1CC1. The number of rotatable bonds is 5. The van der Waals surface area contributed by atoms with Crippen molar-refractivity contribution in [2.45, 2.75) is 63.5 Å². The predicted octanol–water partition coefficient (Wildman–Crippen LogP) is 2.97. The normalized spacial score (nSPS) is 27.4. The summed E-state index contributed by atoms with van der Waals surface area (Å²) >= 11 is 0. The maximum absolute atomic E-state index is 5.76. The zero-order valence-electron chi connectivity index (χ0n) is 10.9. The zero-order valence-corrected chi connectivity index (χ0v) is 10.9. The molecular weight excluding hydrogens is 198 g/mol. The molecule has 0 bridgehead atoms. The van der Waals surface area contributed by atoms with Gasteiger partial charge in [-0.05, 0) is 44.6 Å². The lowest BCUT2D eigenvalue weighted by molar-refractivity contribution is 0.0309. The molecule has 0 radical (unpaired) electrons. The van der Waals surface area contributed by atoms with E-state index in [4.69, 9.17) is 4.74 Å². The van der Waals surface area contributed by atoms with Crippen molar-refractivity contribution in [1.29, 1.82) is 0 Å². The molecule has 2 rings (SSSR count). The van der Waals surface area contributed by atoms with Crippen LogP contribution >= 0.6 is 0 Å². The van der Waals surface area contributed by atoms with E-state index in [9.17, 15) is 0 Å². The molecule has 2 aliphatic rings. The number of hydrogen-bond acceptors (Lipinski definition) is 2. The van der Waals surface area contributed by atoms with Crippen LogP contribution in [0.1, 0.15) is 51.4 Å². The van der Waals surface area contributed by atoms with Crippen LogP contribution in [-0.2, 0) is 4.74 Å². The van der Waals surface area contributed by atoms with Gasteiger partial charge in [0.25, 0.3) is 0 Å². The second kappa shape index (κ2) is 6.02. The third-order valence-corrected chi connectivity index (χ3v) is 4.45. The number of nitrogens with one attached hydrogen (secondary N) is 1. The van der Waals surface area contributed by atoms with Gasteiger partial charge in [0.05, 0.1) is 6.10 Å². The van der Waals surface area contributed by atoms with Crippen LogP contribution in [0.25, 0.3) is 0 Å². The average molecular weight is 225 g/mol. The molecule has 0 aromatic carbocycles. The molecule has 0 aliphatic heterocycles. The molecule has 0 aromatic heterocycles. The summed E-state index contributed by atoms with van der Waals surface area (Å²) < 4.78 is 5.76. The molecule has 1 N–H and O–H groups in total. The maximum atomic E-state index is 5.76. The van der Waals surface area contributed by atoms with Crippen molar-refractivity contribution in [1.82, 2.24) is 5.32 Å². The molecule has 94 valence electrons. The van der Waals surface area contributed by atoms with E-state index in [0.717, 1.165) is 11.8 Å². The Labute approximate surface area is 100 Å². The Balaban J connectivity index is 1.95. The van der Waals surface area contributed by atoms with E-state index in [1.54, 1.807) is 0 Å². The van der Waals surface area contributed by atoms with E-state index >= 15 is 0 Å². The van der Waals surface area contributed by atoms with E-state index in [0.29, 0.717) is 12.1 Å². The van der Waals surface area contributed by atoms with E-state index in [1.165, 1.54) is 51.4 Å². The van der Waals surface area contributed by atoms with Crippen molar-refractivity contribution < 1.29 is 4.74 Å². The van der Waals surface area contributed by atoms with E-state index in [2.05, 4.69) is 12.4 Å². The molecule has 2 aliphatic carbocycles. The monoisotopic (exact) mass is 225 g/mol. The van der Waals surface area contributed by atoms with Gasteiger partial charge in [-0.2, -0.15) is 0 Å². The lowest BCUT2D eigenvalue weighted by Gasteiger charge is -2.32.